The Morgan fingerprint density at radius 1 is 1.26 bits per heavy atom. The quantitative estimate of drug-likeness (QED) is 0.800. The number of amides is 3. The molecule has 3 aliphatic rings. The highest BCUT2D eigenvalue weighted by Crippen LogP contribution is 2.53. The summed E-state index contributed by atoms with van der Waals surface area (Å²) >= 11 is 0. The Labute approximate surface area is 136 Å². The molecule has 5 heteroatoms. The topological polar surface area (TPSA) is 57.7 Å². The average Bonchev–Trinajstić information content (AvgIpc) is 2.49. The van der Waals surface area contributed by atoms with Crippen LogP contribution in [0.3, 0.4) is 0 Å². The number of anilines is 1. The summed E-state index contributed by atoms with van der Waals surface area (Å²) in [5.41, 5.74) is 1.22. The summed E-state index contributed by atoms with van der Waals surface area (Å²) in [4.78, 5) is 39.5. The van der Waals surface area contributed by atoms with Crippen molar-refractivity contribution in [3.8, 4) is 0 Å². The molecule has 5 nitrogen and oxygen atoms in total. The number of hydrogen-bond donors (Lipinski definition) is 0. The lowest BCUT2D eigenvalue weighted by Crippen LogP contribution is -2.65. The van der Waals surface area contributed by atoms with Crippen LogP contribution in [0.25, 0.3) is 0 Å². The van der Waals surface area contributed by atoms with Crippen molar-refractivity contribution in [2.75, 3.05) is 18.5 Å². The standard InChI is InChI=1S/C18H22N2O3/c1-4-9-20-16(22)13-10-18(11-13,17(20)23)14-5-7-15(8-6-14)19(3)12(2)21/h5-8,13H,4,9-11H2,1-3H3. The molecule has 2 bridgehead atoms. The Morgan fingerprint density at radius 3 is 2.39 bits per heavy atom. The third kappa shape index (κ3) is 2.26. The van der Waals surface area contributed by atoms with Gasteiger partial charge in [-0.2, -0.15) is 0 Å². The van der Waals surface area contributed by atoms with Crippen LogP contribution in [-0.4, -0.2) is 36.2 Å². The summed E-state index contributed by atoms with van der Waals surface area (Å²) in [5.74, 6) is -0.113. The number of carbonyl (C=O) groups is 3. The summed E-state index contributed by atoms with van der Waals surface area (Å²) in [5, 5.41) is 0. The molecular formula is C18H22N2O3. The molecule has 0 aromatic heterocycles. The van der Waals surface area contributed by atoms with Crippen molar-refractivity contribution >= 4 is 23.4 Å². The molecule has 0 N–H and O–H groups in total. The van der Waals surface area contributed by atoms with Gasteiger partial charge < -0.3 is 4.90 Å². The summed E-state index contributed by atoms with van der Waals surface area (Å²) in [7, 11) is 1.72. The number of benzene rings is 1. The summed E-state index contributed by atoms with van der Waals surface area (Å²) in [6.45, 7) is 3.99. The van der Waals surface area contributed by atoms with E-state index >= 15 is 0 Å². The molecule has 1 aromatic carbocycles. The molecule has 2 aliphatic heterocycles. The van der Waals surface area contributed by atoms with Crippen molar-refractivity contribution in [1.82, 2.24) is 4.90 Å². The predicted molar refractivity (Wildman–Crippen MR) is 86.9 cm³/mol. The van der Waals surface area contributed by atoms with Gasteiger partial charge in [0.15, 0.2) is 0 Å². The average molecular weight is 314 g/mol. The SMILES string of the molecule is CCCN1C(=O)C2CC(c3ccc(N(C)C(C)=O)cc3)(C2)C1=O. The highest BCUT2D eigenvalue weighted by atomic mass is 16.2. The smallest absolute Gasteiger partial charge is 0.239 e. The number of fused-ring (bicyclic) bond motifs is 2. The van der Waals surface area contributed by atoms with E-state index < -0.39 is 5.41 Å². The molecule has 3 fully saturated rings. The molecule has 0 spiro atoms. The van der Waals surface area contributed by atoms with E-state index in [1.54, 1.807) is 11.9 Å². The number of carbonyl (C=O) groups excluding carboxylic acids is 3. The van der Waals surface area contributed by atoms with Crippen LogP contribution in [0.4, 0.5) is 5.69 Å². The van der Waals surface area contributed by atoms with E-state index in [9.17, 15) is 14.4 Å². The number of piperidine rings is 2. The van der Waals surface area contributed by atoms with Crippen LogP contribution in [-0.2, 0) is 19.8 Å². The second-order valence-corrected chi connectivity index (χ2v) is 6.61. The fourth-order valence-corrected chi connectivity index (χ4v) is 3.69. The summed E-state index contributed by atoms with van der Waals surface area (Å²) in [6.07, 6.45) is 2.02. The molecule has 0 unspecified atom stereocenters. The van der Waals surface area contributed by atoms with Crippen LogP contribution in [0, 0.1) is 5.92 Å². The fourth-order valence-electron chi connectivity index (χ4n) is 3.69. The summed E-state index contributed by atoms with van der Waals surface area (Å²) < 4.78 is 0. The van der Waals surface area contributed by atoms with E-state index in [4.69, 9.17) is 0 Å². The van der Waals surface area contributed by atoms with Gasteiger partial charge in [0.2, 0.25) is 17.7 Å². The first-order valence-corrected chi connectivity index (χ1v) is 8.11. The third-order valence-electron chi connectivity index (χ3n) is 5.19. The Kier molecular flexibility index (Phi) is 3.74. The molecule has 1 saturated carbocycles. The van der Waals surface area contributed by atoms with E-state index in [0.717, 1.165) is 17.7 Å². The minimum Gasteiger partial charge on any atom is -0.316 e. The van der Waals surface area contributed by atoms with Crippen molar-refractivity contribution in [2.24, 2.45) is 5.92 Å². The predicted octanol–water partition coefficient (Wildman–Crippen LogP) is 2.10. The second-order valence-electron chi connectivity index (χ2n) is 6.61. The Balaban J connectivity index is 1.88. The largest absolute Gasteiger partial charge is 0.316 e. The maximum absolute atomic E-state index is 12.9. The molecule has 1 aliphatic carbocycles. The van der Waals surface area contributed by atoms with Gasteiger partial charge >= 0.3 is 0 Å². The molecule has 3 amide bonds. The van der Waals surface area contributed by atoms with Crippen LogP contribution in [0.5, 0.6) is 0 Å². The Bertz CT molecular complexity index is 659. The minimum atomic E-state index is -0.541. The minimum absolute atomic E-state index is 0.00772. The van der Waals surface area contributed by atoms with Gasteiger partial charge in [0.1, 0.15) is 0 Å². The molecule has 2 heterocycles. The van der Waals surface area contributed by atoms with Crippen molar-refractivity contribution < 1.29 is 14.4 Å². The molecule has 2 saturated heterocycles. The normalized spacial score (nSPS) is 26.0. The van der Waals surface area contributed by atoms with Crippen LogP contribution in [0.15, 0.2) is 24.3 Å². The van der Waals surface area contributed by atoms with E-state index in [1.165, 1.54) is 11.8 Å². The number of nitrogens with zero attached hydrogens (tertiary/aromatic N) is 2. The maximum atomic E-state index is 12.9. The van der Waals surface area contributed by atoms with E-state index in [0.29, 0.717) is 19.4 Å². The highest BCUT2D eigenvalue weighted by Gasteiger charge is 2.61. The van der Waals surface area contributed by atoms with Gasteiger partial charge in [0, 0.05) is 32.1 Å². The first kappa shape index (κ1) is 15.7. The van der Waals surface area contributed by atoms with E-state index in [1.807, 2.05) is 31.2 Å². The zero-order valence-corrected chi connectivity index (χ0v) is 13.8. The van der Waals surface area contributed by atoms with Gasteiger partial charge in [0.25, 0.3) is 0 Å². The van der Waals surface area contributed by atoms with E-state index in [-0.39, 0.29) is 23.6 Å². The molecule has 0 radical (unpaired) electrons. The lowest BCUT2D eigenvalue weighted by atomic mass is 9.55. The maximum Gasteiger partial charge on any atom is 0.239 e. The van der Waals surface area contributed by atoms with Gasteiger partial charge in [-0.15, -0.1) is 0 Å². The molecular weight excluding hydrogens is 292 g/mol. The number of hydrogen-bond acceptors (Lipinski definition) is 3. The fraction of sp³-hybridized carbons (Fsp3) is 0.500. The second kappa shape index (κ2) is 5.48. The molecule has 4 rings (SSSR count). The first-order valence-electron chi connectivity index (χ1n) is 8.11. The lowest BCUT2D eigenvalue weighted by Gasteiger charge is -2.53. The van der Waals surface area contributed by atoms with E-state index in [2.05, 4.69) is 0 Å². The Morgan fingerprint density at radius 2 is 1.87 bits per heavy atom. The van der Waals surface area contributed by atoms with Gasteiger partial charge in [-0.25, -0.2) is 0 Å². The molecule has 23 heavy (non-hydrogen) atoms. The number of rotatable bonds is 4. The van der Waals surface area contributed by atoms with Gasteiger partial charge in [-0.3, -0.25) is 19.3 Å². The van der Waals surface area contributed by atoms with Crippen molar-refractivity contribution in [2.45, 2.75) is 38.5 Å². The van der Waals surface area contributed by atoms with Gasteiger partial charge in [0.05, 0.1) is 5.41 Å². The van der Waals surface area contributed by atoms with Crippen LogP contribution in [0.1, 0.15) is 38.7 Å². The van der Waals surface area contributed by atoms with Gasteiger partial charge in [-0.1, -0.05) is 19.1 Å². The van der Waals surface area contributed by atoms with Crippen molar-refractivity contribution in [3.63, 3.8) is 0 Å². The first-order chi connectivity index (χ1) is 10.9. The third-order valence-corrected chi connectivity index (χ3v) is 5.19. The molecule has 1 aromatic rings. The van der Waals surface area contributed by atoms with Crippen molar-refractivity contribution in [1.29, 1.82) is 0 Å². The molecule has 0 atom stereocenters. The van der Waals surface area contributed by atoms with Crippen LogP contribution >= 0.6 is 0 Å². The highest BCUT2D eigenvalue weighted by molar-refractivity contribution is 6.07. The van der Waals surface area contributed by atoms with Crippen LogP contribution in [0.2, 0.25) is 0 Å². The van der Waals surface area contributed by atoms with Crippen LogP contribution < -0.4 is 4.90 Å². The van der Waals surface area contributed by atoms with Crippen molar-refractivity contribution in [3.05, 3.63) is 29.8 Å². The molecule has 122 valence electrons. The zero-order chi connectivity index (χ0) is 16.8. The lowest BCUT2D eigenvalue weighted by molar-refractivity contribution is -0.168. The zero-order valence-electron chi connectivity index (χ0n) is 13.8. The van der Waals surface area contributed by atoms with Gasteiger partial charge in [-0.05, 0) is 37.0 Å². The summed E-state index contributed by atoms with van der Waals surface area (Å²) in [6, 6.07) is 7.57. The monoisotopic (exact) mass is 314 g/mol. The Hall–Kier alpha value is -2.17. The number of imide groups is 1.